The van der Waals surface area contributed by atoms with Crippen LogP contribution in [0.15, 0.2) is 24.3 Å². The minimum Gasteiger partial charge on any atom is -0.483 e. The number of carbonyl (C=O) groups is 2. The van der Waals surface area contributed by atoms with Crippen LogP contribution >= 0.6 is 0 Å². The number of aromatic amines is 1. The molecule has 3 N–H and O–H groups in total. The van der Waals surface area contributed by atoms with Crippen molar-refractivity contribution in [2.45, 2.75) is 20.8 Å². The van der Waals surface area contributed by atoms with Crippen LogP contribution in [0.4, 0.5) is 0 Å². The Kier molecular flexibility index (Phi) is 5.93. The maximum absolute atomic E-state index is 12.3. The summed E-state index contributed by atoms with van der Waals surface area (Å²) in [7, 11) is 0. The Hall–Kier alpha value is -2.67. The van der Waals surface area contributed by atoms with Crippen LogP contribution < -0.4 is 5.32 Å². The standard InChI is InChI=1S/C17H21N3O2.CH2O2/c1-11-15(20-12(2)19-11)13-5-4-6-14(7-13)16(21)18-8-17(3)9-22-10-17;2-1-3/h4-7H,8-10H2,1-3H3,(H,18,21)(H,19,20);1H,(H,2,3). The van der Waals surface area contributed by atoms with Gasteiger partial charge in [-0.15, -0.1) is 0 Å². The average Bonchev–Trinajstić information content (AvgIpc) is 2.90. The highest BCUT2D eigenvalue weighted by Gasteiger charge is 2.33. The number of aryl methyl sites for hydroxylation is 2. The van der Waals surface area contributed by atoms with Crippen LogP contribution in [-0.2, 0) is 9.53 Å². The van der Waals surface area contributed by atoms with E-state index in [1.54, 1.807) is 0 Å². The fourth-order valence-electron chi connectivity index (χ4n) is 2.65. The number of amides is 1. The molecule has 25 heavy (non-hydrogen) atoms. The minimum absolute atomic E-state index is 0.0557. The summed E-state index contributed by atoms with van der Waals surface area (Å²) >= 11 is 0. The predicted octanol–water partition coefficient (Wildman–Crippen LogP) is 2.16. The molecule has 0 spiro atoms. The number of hydrogen-bond acceptors (Lipinski definition) is 4. The van der Waals surface area contributed by atoms with Gasteiger partial charge < -0.3 is 20.1 Å². The van der Waals surface area contributed by atoms with E-state index < -0.39 is 0 Å². The second kappa shape index (κ2) is 7.94. The number of carbonyl (C=O) groups excluding carboxylic acids is 1. The molecular formula is C18H23N3O4. The lowest BCUT2D eigenvalue weighted by Gasteiger charge is -2.38. The van der Waals surface area contributed by atoms with Gasteiger partial charge in [-0.1, -0.05) is 19.1 Å². The maximum atomic E-state index is 12.3. The molecule has 0 saturated carbocycles. The number of hydrogen-bond donors (Lipinski definition) is 3. The van der Waals surface area contributed by atoms with Gasteiger partial charge in [0.15, 0.2) is 0 Å². The van der Waals surface area contributed by atoms with Crippen molar-refractivity contribution in [3.05, 3.63) is 41.3 Å². The van der Waals surface area contributed by atoms with Gasteiger partial charge in [-0.3, -0.25) is 9.59 Å². The smallest absolute Gasteiger partial charge is 0.290 e. The van der Waals surface area contributed by atoms with Crippen molar-refractivity contribution in [2.75, 3.05) is 19.8 Å². The van der Waals surface area contributed by atoms with Crippen LogP contribution in [0.1, 0.15) is 28.8 Å². The highest BCUT2D eigenvalue weighted by molar-refractivity contribution is 5.95. The summed E-state index contributed by atoms with van der Waals surface area (Å²) in [4.78, 5) is 28.4. The Labute approximate surface area is 146 Å². The number of ether oxygens (including phenoxy) is 1. The van der Waals surface area contributed by atoms with E-state index in [-0.39, 0.29) is 17.8 Å². The summed E-state index contributed by atoms with van der Waals surface area (Å²) in [6.45, 7) is 7.83. The summed E-state index contributed by atoms with van der Waals surface area (Å²) < 4.78 is 5.21. The molecular weight excluding hydrogens is 322 g/mol. The third-order valence-electron chi connectivity index (χ3n) is 3.98. The number of imidazole rings is 1. The summed E-state index contributed by atoms with van der Waals surface area (Å²) in [6, 6.07) is 7.58. The Balaban J connectivity index is 0.000000701. The molecule has 0 aliphatic carbocycles. The van der Waals surface area contributed by atoms with Crippen LogP contribution in [-0.4, -0.2) is 47.2 Å². The number of aromatic nitrogens is 2. The first-order valence-corrected chi connectivity index (χ1v) is 7.96. The number of rotatable bonds is 4. The average molecular weight is 345 g/mol. The third kappa shape index (κ3) is 4.67. The first-order valence-electron chi connectivity index (χ1n) is 7.96. The van der Waals surface area contributed by atoms with Crippen LogP contribution in [0.25, 0.3) is 11.3 Å². The van der Waals surface area contributed by atoms with E-state index in [4.69, 9.17) is 14.6 Å². The van der Waals surface area contributed by atoms with E-state index in [1.165, 1.54) is 0 Å². The molecule has 134 valence electrons. The Morgan fingerprint density at radius 2 is 2.12 bits per heavy atom. The van der Waals surface area contributed by atoms with Crippen molar-refractivity contribution in [1.29, 1.82) is 0 Å². The highest BCUT2D eigenvalue weighted by atomic mass is 16.5. The van der Waals surface area contributed by atoms with Gasteiger partial charge in [0.1, 0.15) is 5.82 Å². The normalized spacial score (nSPS) is 14.7. The molecule has 0 radical (unpaired) electrons. The number of carboxylic acid groups (broad SMARTS) is 1. The third-order valence-corrected chi connectivity index (χ3v) is 3.98. The summed E-state index contributed by atoms with van der Waals surface area (Å²) in [5.74, 6) is 0.820. The van der Waals surface area contributed by atoms with Crippen LogP contribution in [0.2, 0.25) is 0 Å². The molecule has 1 aliphatic heterocycles. The van der Waals surface area contributed by atoms with Gasteiger partial charge in [-0.05, 0) is 26.0 Å². The molecule has 7 nitrogen and oxygen atoms in total. The lowest BCUT2D eigenvalue weighted by atomic mass is 9.88. The van der Waals surface area contributed by atoms with E-state index >= 15 is 0 Å². The van der Waals surface area contributed by atoms with Gasteiger partial charge in [0.05, 0.1) is 18.9 Å². The number of H-pyrrole nitrogens is 1. The summed E-state index contributed by atoms with van der Waals surface area (Å²) in [5, 5.41) is 9.88. The summed E-state index contributed by atoms with van der Waals surface area (Å²) in [5.41, 5.74) is 3.58. The van der Waals surface area contributed by atoms with Gasteiger partial charge in [0.2, 0.25) is 0 Å². The van der Waals surface area contributed by atoms with Gasteiger partial charge in [0, 0.05) is 28.8 Å². The first-order chi connectivity index (χ1) is 11.9. The van der Waals surface area contributed by atoms with E-state index in [1.807, 2.05) is 38.1 Å². The molecule has 1 aliphatic rings. The van der Waals surface area contributed by atoms with Crippen molar-refractivity contribution in [3.8, 4) is 11.3 Å². The zero-order chi connectivity index (χ0) is 18.4. The molecule has 0 atom stereocenters. The maximum Gasteiger partial charge on any atom is 0.290 e. The molecule has 1 fully saturated rings. The number of nitrogens with zero attached hydrogens (tertiary/aromatic N) is 1. The molecule has 2 aromatic rings. The molecule has 1 amide bonds. The van der Waals surface area contributed by atoms with Crippen LogP contribution in [0.3, 0.4) is 0 Å². The highest BCUT2D eigenvalue weighted by Crippen LogP contribution is 2.25. The molecule has 1 aromatic heterocycles. The SMILES string of the molecule is Cc1nc(-c2cccc(C(=O)NCC3(C)COC3)c2)c(C)[nH]1.O=CO. The minimum atomic E-state index is -0.250. The molecule has 1 aromatic carbocycles. The van der Waals surface area contributed by atoms with Gasteiger partial charge >= 0.3 is 0 Å². The second-order valence-electron chi connectivity index (χ2n) is 6.47. The van der Waals surface area contributed by atoms with Crippen molar-refractivity contribution in [1.82, 2.24) is 15.3 Å². The first kappa shape index (κ1) is 18.7. The summed E-state index contributed by atoms with van der Waals surface area (Å²) in [6.07, 6.45) is 0. The lowest BCUT2D eigenvalue weighted by Crippen LogP contribution is -2.48. The zero-order valence-electron chi connectivity index (χ0n) is 14.6. The van der Waals surface area contributed by atoms with Gasteiger partial charge in [-0.25, -0.2) is 4.98 Å². The Morgan fingerprint density at radius 1 is 1.44 bits per heavy atom. The second-order valence-corrected chi connectivity index (χ2v) is 6.47. The van der Waals surface area contributed by atoms with Crippen LogP contribution in [0, 0.1) is 19.3 Å². The van der Waals surface area contributed by atoms with Gasteiger partial charge in [-0.2, -0.15) is 0 Å². The molecule has 3 rings (SSSR count). The monoisotopic (exact) mass is 345 g/mol. The predicted molar refractivity (Wildman–Crippen MR) is 93.4 cm³/mol. The molecule has 1 saturated heterocycles. The van der Waals surface area contributed by atoms with E-state index in [9.17, 15) is 4.79 Å². The Bertz CT molecular complexity index is 751. The number of benzene rings is 1. The topological polar surface area (TPSA) is 104 Å². The number of nitrogens with one attached hydrogen (secondary N) is 2. The van der Waals surface area contributed by atoms with Crippen molar-refractivity contribution in [2.24, 2.45) is 5.41 Å². The zero-order valence-corrected chi connectivity index (χ0v) is 14.6. The van der Waals surface area contributed by atoms with E-state index in [0.29, 0.717) is 25.3 Å². The fourth-order valence-corrected chi connectivity index (χ4v) is 2.65. The largest absolute Gasteiger partial charge is 0.483 e. The lowest BCUT2D eigenvalue weighted by molar-refractivity contribution is -0.122. The van der Waals surface area contributed by atoms with Crippen molar-refractivity contribution < 1.29 is 19.4 Å². The molecule has 0 unspecified atom stereocenters. The van der Waals surface area contributed by atoms with Gasteiger partial charge in [0.25, 0.3) is 12.4 Å². The van der Waals surface area contributed by atoms with E-state index in [2.05, 4.69) is 22.2 Å². The molecule has 2 heterocycles. The molecule has 0 bridgehead atoms. The van der Waals surface area contributed by atoms with E-state index in [0.717, 1.165) is 22.8 Å². The van der Waals surface area contributed by atoms with Crippen molar-refractivity contribution >= 4 is 12.4 Å². The fraction of sp³-hybridized carbons (Fsp3) is 0.389. The van der Waals surface area contributed by atoms with Crippen molar-refractivity contribution in [3.63, 3.8) is 0 Å². The quantitative estimate of drug-likeness (QED) is 0.737. The Morgan fingerprint density at radius 3 is 2.64 bits per heavy atom. The van der Waals surface area contributed by atoms with Crippen LogP contribution in [0.5, 0.6) is 0 Å². The molecule has 7 heteroatoms.